The second kappa shape index (κ2) is 10.7. The Morgan fingerprint density at radius 1 is 1.25 bits per heavy atom. The normalized spacial score (nSPS) is 11.5. The van der Waals surface area contributed by atoms with E-state index in [9.17, 15) is 29.3 Å². The standard InChI is InChI=1S/C19H19ClN4O7S/c1-9(2)15(23-17(27)10-3-4-12(20)13(7-10)24(29)30)19(28)31-8-14(25)22-18-11(16(21)26)5-6-32-18/h3-7,9,15H,8H2,1-2H3,(H2,21,26)(H,22,25)(H,23,27)/t15-/m0/s1. The predicted molar refractivity (Wildman–Crippen MR) is 117 cm³/mol. The topological polar surface area (TPSA) is 171 Å². The van der Waals surface area contributed by atoms with Gasteiger partial charge in [0.2, 0.25) is 0 Å². The Kier molecular flexibility index (Phi) is 8.27. The van der Waals surface area contributed by atoms with Gasteiger partial charge in [-0.2, -0.15) is 0 Å². The van der Waals surface area contributed by atoms with E-state index in [0.717, 1.165) is 17.4 Å². The molecule has 3 amide bonds. The van der Waals surface area contributed by atoms with Gasteiger partial charge in [-0.1, -0.05) is 25.4 Å². The lowest BCUT2D eigenvalue weighted by Crippen LogP contribution is -2.46. The van der Waals surface area contributed by atoms with E-state index in [2.05, 4.69) is 10.6 Å². The molecule has 1 aromatic carbocycles. The largest absolute Gasteiger partial charge is 0.454 e. The highest BCUT2D eigenvalue weighted by Crippen LogP contribution is 2.25. The number of ether oxygens (including phenoxy) is 1. The molecule has 0 aliphatic heterocycles. The van der Waals surface area contributed by atoms with E-state index in [4.69, 9.17) is 22.1 Å². The molecule has 0 saturated carbocycles. The van der Waals surface area contributed by atoms with E-state index < -0.39 is 52.9 Å². The van der Waals surface area contributed by atoms with Crippen LogP contribution < -0.4 is 16.4 Å². The van der Waals surface area contributed by atoms with E-state index in [1.54, 1.807) is 19.2 Å². The molecule has 0 aliphatic carbocycles. The maximum atomic E-state index is 12.5. The number of nitro benzene ring substituents is 1. The van der Waals surface area contributed by atoms with Gasteiger partial charge in [0.15, 0.2) is 6.61 Å². The van der Waals surface area contributed by atoms with Crippen molar-refractivity contribution < 1.29 is 28.8 Å². The number of hydrogen-bond donors (Lipinski definition) is 3. The molecule has 0 radical (unpaired) electrons. The third-order valence-corrected chi connectivity index (χ3v) is 5.29. The summed E-state index contributed by atoms with van der Waals surface area (Å²) in [5, 5.41) is 17.5. The molecular formula is C19H19ClN4O7S. The monoisotopic (exact) mass is 482 g/mol. The zero-order chi connectivity index (χ0) is 24.0. The minimum atomic E-state index is -1.13. The summed E-state index contributed by atoms with van der Waals surface area (Å²) < 4.78 is 4.99. The van der Waals surface area contributed by atoms with Crippen LogP contribution in [0.25, 0.3) is 0 Å². The summed E-state index contributed by atoms with van der Waals surface area (Å²) in [6.45, 7) is 2.61. The molecule has 0 saturated heterocycles. The Bertz CT molecular complexity index is 1070. The minimum Gasteiger partial charge on any atom is -0.454 e. The number of thiophene rings is 1. The Labute approximate surface area is 191 Å². The van der Waals surface area contributed by atoms with Crippen molar-refractivity contribution in [3.63, 3.8) is 0 Å². The second-order valence-corrected chi connectivity index (χ2v) is 8.13. The van der Waals surface area contributed by atoms with Crippen LogP contribution in [0.5, 0.6) is 0 Å². The third kappa shape index (κ3) is 6.25. The fourth-order valence-electron chi connectivity index (χ4n) is 2.51. The first-order valence-corrected chi connectivity index (χ1v) is 10.4. The Balaban J connectivity index is 2.02. The smallest absolute Gasteiger partial charge is 0.329 e. The van der Waals surface area contributed by atoms with E-state index in [1.165, 1.54) is 18.2 Å². The van der Waals surface area contributed by atoms with Gasteiger partial charge in [-0.15, -0.1) is 11.3 Å². The number of hydrogen-bond acceptors (Lipinski definition) is 8. The third-order valence-electron chi connectivity index (χ3n) is 4.14. The zero-order valence-electron chi connectivity index (χ0n) is 16.9. The minimum absolute atomic E-state index is 0.0750. The Morgan fingerprint density at radius 3 is 2.53 bits per heavy atom. The highest BCUT2D eigenvalue weighted by Gasteiger charge is 2.28. The number of rotatable bonds is 9. The highest BCUT2D eigenvalue weighted by molar-refractivity contribution is 7.14. The van der Waals surface area contributed by atoms with Crippen LogP contribution in [-0.2, 0) is 14.3 Å². The summed E-state index contributed by atoms with van der Waals surface area (Å²) in [7, 11) is 0. The van der Waals surface area contributed by atoms with Crippen molar-refractivity contribution >= 4 is 57.3 Å². The number of amides is 3. The number of carbonyl (C=O) groups excluding carboxylic acids is 4. The van der Waals surface area contributed by atoms with Crippen molar-refractivity contribution in [2.75, 3.05) is 11.9 Å². The van der Waals surface area contributed by atoms with Crippen molar-refractivity contribution in [2.24, 2.45) is 11.7 Å². The number of esters is 1. The lowest BCUT2D eigenvalue weighted by molar-refractivity contribution is -0.384. The summed E-state index contributed by atoms with van der Waals surface area (Å²) in [4.78, 5) is 58.6. The summed E-state index contributed by atoms with van der Waals surface area (Å²) in [6.07, 6.45) is 0. The van der Waals surface area contributed by atoms with Gasteiger partial charge in [0.25, 0.3) is 23.4 Å². The lowest BCUT2D eigenvalue weighted by Gasteiger charge is -2.20. The number of nitrogens with one attached hydrogen (secondary N) is 2. The van der Waals surface area contributed by atoms with Gasteiger partial charge in [0, 0.05) is 11.6 Å². The van der Waals surface area contributed by atoms with Gasteiger partial charge < -0.3 is 21.1 Å². The van der Waals surface area contributed by atoms with Gasteiger partial charge in [-0.3, -0.25) is 24.5 Å². The number of anilines is 1. The van der Waals surface area contributed by atoms with Crippen LogP contribution >= 0.6 is 22.9 Å². The number of primary amides is 1. The molecule has 2 rings (SSSR count). The highest BCUT2D eigenvalue weighted by atomic mass is 35.5. The summed E-state index contributed by atoms with van der Waals surface area (Å²) >= 11 is 6.82. The number of nitrogens with zero attached hydrogens (tertiary/aromatic N) is 1. The van der Waals surface area contributed by atoms with E-state index in [0.29, 0.717) is 0 Å². The molecule has 1 heterocycles. The second-order valence-electron chi connectivity index (χ2n) is 6.80. The summed E-state index contributed by atoms with van der Waals surface area (Å²) in [5.74, 6) is -3.48. The summed E-state index contributed by atoms with van der Waals surface area (Å²) in [6, 6.07) is 3.78. The molecule has 0 unspecified atom stereocenters. The Hall–Kier alpha value is -3.51. The van der Waals surface area contributed by atoms with E-state index in [-0.39, 0.29) is 21.2 Å². The van der Waals surface area contributed by atoms with Crippen molar-refractivity contribution in [1.82, 2.24) is 5.32 Å². The predicted octanol–water partition coefficient (Wildman–Crippen LogP) is 2.34. The van der Waals surface area contributed by atoms with E-state index in [1.807, 2.05) is 0 Å². The van der Waals surface area contributed by atoms with Gasteiger partial charge in [0.05, 0.1) is 10.5 Å². The van der Waals surface area contributed by atoms with Gasteiger partial charge >= 0.3 is 5.97 Å². The number of benzene rings is 1. The molecule has 4 N–H and O–H groups in total. The number of nitrogens with two attached hydrogens (primary N) is 1. The number of nitro groups is 1. The van der Waals surface area contributed by atoms with Crippen molar-refractivity contribution in [1.29, 1.82) is 0 Å². The first-order valence-electron chi connectivity index (χ1n) is 9.09. The molecule has 0 bridgehead atoms. The fraction of sp³-hybridized carbons (Fsp3) is 0.263. The zero-order valence-corrected chi connectivity index (χ0v) is 18.5. The molecule has 2 aromatic rings. The molecule has 11 nitrogen and oxygen atoms in total. The molecule has 0 fully saturated rings. The quantitative estimate of drug-likeness (QED) is 0.279. The molecule has 1 aromatic heterocycles. The van der Waals surface area contributed by atoms with Crippen LogP contribution in [-0.4, -0.2) is 41.3 Å². The van der Waals surface area contributed by atoms with Crippen LogP contribution in [0.4, 0.5) is 10.7 Å². The van der Waals surface area contributed by atoms with Gasteiger partial charge in [-0.05, 0) is 29.5 Å². The lowest BCUT2D eigenvalue weighted by atomic mass is 10.0. The van der Waals surface area contributed by atoms with Crippen LogP contribution in [0.2, 0.25) is 5.02 Å². The molecule has 170 valence electrons. The molecular weight excluding hydrogens is 464 g/mol. The van der Waals surface area contributed by atoms with Gasteiger partial charge in [0.1, 0.15) is 16.1 Å². The SMILES string of the molecule is CC(C)[C@H](NC(=O)c1ccc(Cl)c([N+](=O)[O-])c1)C(=O)OCC(=O)Nc1sccc1C(N)=O. The first kappa shape index (κ1) is 24.8. The number of halogens is 1. The number of carbonyl (C=O) groups is 4. The average Bonchev–Trinajstić information content (AvgIpc) is 3.18. The Morgan fingerprint density at radius 2 is 1.94 bits per heavy atom. The van der Waals surface area contributed by atoms with Crippen molar-refractivity contribution in [3.8, 4) is 0 Å². The van der Waals surface area contributed by atoms with Crippen molar-refractivity contribution in [2.45, 2.75) is 19.9 Å². The van der Waals surface area contributed by atoms with Crippen molar-refractivity contribution in [3.05, 3.63) is 55.9 Å². The van der Waals surface area contributed by atoms with Crippen LogP contribution in [0.3, 0.4) is 0 Å². The molecule has 0 spiro atoms. The maximum absolute atomic E-state index is 12.5. The fourth-order valence-corrected chi connectivity index (χ4v) is 3.50. The van der Waals surface area contributed by atoms with Gasteiger partial charge in [-0.25, -0.2) is 4.79 Å². The van der Waals surface area contributed by atoms with E-state index >= 15 is 0 Å². The van der Waals surface area contributed by atoms with Crippen LogP contribution in [0, 0.1) is 16.0 Å². The average molecular weight is 483 g/mol. The maximum Gasteiger partial charge on any atom is 0.329 e. The summed E-state index contributed by atoms with van der Waals surface area (Å²) in [5.41, 5.74) is 4.80. The molecule has 0 aliphatic rings. The molecule has 13 heteroatoms. The van der Waals surface area contributed by atoms with Crippen LogP contribution in [0.1, 0.15) is 34.6 Å². The molecule has 32 heavy (non-hydrogen) atoms. The molecule has 1 atom stereocenters. The van der Waals surface area contributed by atoms with Crippen LogP contribution in [0.15, 0.2) is 29.6 Å². The first-order chi connectivity index (χ1) is 15.0.